The Hall–Kier alpha value is 0.355. The maximum Gasteiger partial charge on any atom is 1.00 e. The third-order valence-corrected chi connectivity index (χ3v) is 2.99. The van der Waals surface area contributed by atoms with Crippen LogP contribution in [0, 0.1) is 0 Å². The van der Waals surface area contributed by atoms with E-state index in [1.165, 1.54) is 17.7 Å². The van der Waals surface area contributed by atoms with E-state index < -0.39 is 0 Å². The summed E-state index contributed by atoms with van der Waals surface area (Å²) >= 11 is 7.22. The topological polar surface area (TPSA) is 46.0 Å². The van der Waals surface area contributed by atoms with Gasteiger partial charge in [-0.15, -0.1) is 11.3 Å². The first-order valence-corrected chi connectivity index (χ1v) is 4.50. The van der Waals surface area contributed by atoms with E-state index in [9.17, 15) is 0 Å². The van der Waals surface area contributed by atoms with Gasteiger partial charge in [-0.2, -0.15) is 0 Å². The summed E-state index contributed by atoms with van der Waals surface area (Å²) in [6.07, 6.45) is 1.42. The monoisotopic (exact) mass is 234 g/mol. The fraction of sp³-hybridized carbons (Fsp3) is 0.143. The maximum absolute atomic E-state index is 8.85. The van der Waals surface area contributed by atoms with Crippen LogP contribution < -0.4 is 29.6 Å². The first-order valence-electron chi connectivity index (χ1n) is 3.31. The van der Waals surface area contributed by atoms with Gasteiger partial charge in [0.1, 0.15) is 11.5 Å². The summed E-state index contributed by atoms with van der Waals surface area (Å²) in [7, 11) is 0. The van der Waals surface area contributed by atoms with Gasteiger partial charge in [-0.1, -0.05) is 11.6 Å². The van der Waals surface area contributed by atoms with Crippen LogP contribution in [-0.4, -0.2) is 23.5 Å². The van der Waals surface area contributed by atoms with E-state index in [1.54, 1.807) is 0 Å². The van der Waals surface area contributed by atoms with Crippen LogP contribution in [0.25, 0.3) is 10.2 Å². The Morgan fingerprint density at radius 3 is 2.71 bits per heavy atom. The second-order valence-electron chi connectivity index (χ2n) is 2.25. The zero-order chi connectivity index (χ0) is 8.55. The van der Waals surface area contributed by atoms with Gasteiger partial charge in [0.2, 0.25) is 0 Å². The predicted octanol–water partition coefficient (Wildman–Crippen LogP) is -1.54. The standard InChI is InChI=1S/C7H5ClN2OS.B.Na/c8-7-6-5(9-3-10-7)1-4(2-11)12-6;;/h1,3,11H,2H2;;/q;-1;+1. The molecule has 2 aromatic heterocycles. The maximum atomic E-state index is 8.85. The van der Waals surface area contributed by atoms with E-state index in [0.717, 1.165) is 15.1 Å². The molecule has 7 heteroatoms. The molecule has 0 aliphatic carbocycles. The predicted molar refractivity (Wildman–Crippen MR) is 54.1 cm³/mol. The number of rotatable bonds is 1. The summed E-state index contributed by atoms with van der Waals surface area (Å²) in [4.78, 5) is 8.71. The molecule has 0 spiro atoms. The molecular formula is C7H5BClN2NaOS. The summed E-state index contributed by atoms with van der Waals surface area (Å²) in [6, 6.07) is 1.81. The molecule has 0 saturated heterocycles. The normalized spacial score (nSPS) is 9.29. The fourth-order valence-corrected chi connectivity index (χ4v) is 2.06. The van der Waals surface area contributed by atoms with Crippen molar-refractivity contribution in [2.75, 3.05) is 0 Å². The van der Waals surface area contributed by atoms with E-state index in [2.05, 4.69) is 9.97 Å². The van der Waals surface area contributed by atoms with E-state index in [4.69, 9.17) is 16.7 Å². The number of aliphatic hydroxyl groups excluding tert-OH is 1. The summed E-state index contributed by atoms with van der Waals surface area (Å²) in [5.74, 6) is 0. The number of hydrogen-bond donors (Lipinski definition) is 1. The van der Waals surface area contributed by atoms with E-state index >= 15 is 0 Å². The van der Waals surface area contributed by atoms with Gasteiger partial charge in [-0.25, -0.2) is 9.97 Å². The molecule has 0 amide bonds. The average Bonchev–Trinajstić information content (AvgIpc) is 2.49. The van der Waals surface area contributed by atoms with Crippen molar-refractivity contribution in [1.82, 2.24) is 9.97 Å². The van der Waals surface area contributed by atoms with E-state index in [1.807, 2.05) is 6.07 Å². The number of aliphatic hydroxyl groups is 1. The van der Waals surface area contributed by atoms with Gasteiger partial charge in [-0.3, -0.25) is 0 Å². The Morgan fingerprint density at radius 1 is 1.43 bits per heavy atom. The minimum atomic E-state index is 0. The molecule has 2 rings (SSSR count). The number of fused-ring (bicyclic) bond motifs is 1. The number of thiophene rings is 1. The minimum absolute atomic E-state index is 0. The minimum Gasteiger partial charge on any atom is -1.00 e. The molecule has 14 heavy (non-hydrogen) atoms. The van der Waals surface area contributed by atoms with Gasteiger partial charge in [-0.05, 0) is 6.07 Å². The Balaban J connectivity index is 0.000000845. The van der Waals surface area contributed by atoms with Crippen LogP contribution in [0.1, 0.15) is 4.88 Å². The molecular weight excluding hydrogens is 229 g/mol. The largest absolute Gasteiger partial charge is 1.00 e. The Kier molecular flexibility index (Phi) is 6.20. The molecule has 2 aromatic rings. The van der Waals surface area contributed by atoms with Crippen LogP contribution in [0.2, 0.25) is 5.15 Å². The molecule has 66 valence electrons. The molecule has 0 fully saturated rings. The van der Waals surface area contributed by atoms with E-state index in [-0.39, 0.29) is 44.6 Å². The van der Waals surface area contributed by atoms with Crippen molar-refractivity contribution in [2.24, 2.45) is 0 Å². The summed E-state index contributed by atoms with van der Waals surface area (Å²) in [6.45, 7) is 0.0252. The van der Waals surface area contributed by atoms with Crippen LogP contribution in [0.5, 0.6) is 0 Å². The van der Waals surface area contributed by atoms with Crippen LogP contribution >= 0.6 is 22.9 Å². The number of nitrogens with zero attached hydrogens (tertiary/aromatic N) is 2. The summed E-state index contributed by atoms with van der Waals surface area (Å²) < 4.78 is 0.836. The molecule has 3 nitrogen and oxygen atoms in total. The molecule has 0 bridgehead atoms. The first-order chi connectivity index (χ1) is 5.81. The van der Waals surface area contributed by atoms with Crippen molar-refractivity contribution in [3.63, 3.8) is 0 Å². The third-order valence-electron chi connectivity index (χ3n) is 1.47. The van der Waals surface area contributed by atoms with Crippen molar-refractivity contribution < 1.29 is 34.7 Å². The van der Waals surface area contributed by atoms with Crippen molar-refractivity contribution in [3.8, 4) is 0 Å². The molecule has 2 heterocycles. The Morgan fingerprint density at radius 2 is 2.14 bits per heavy atom. The summed E-state index contributed by atoms with van der Waals surface area (Å²) in [5, 5.41) is 9.30. The SMILES string of the molecule is OCc1cc2ncnc(Cl)c2s1.[B-].[Na+]. The molecule has 0 saturated carbocycles. The molecule has 0 atom stereocenters. The van der Waals surface area contributed by atoms with Crippen molar-refractivity contribution >= 4 is 41.6 Å². The molecule has 0 aromatic carbocycles. The van der Waals surface area contributed by atoms with Crippen molar-refractivity contribution in [3.05, 3.63) is 22.4 Å². The zero-order valence-corrected chi connectivity index (χ0v) is 11.1. The summed E-state index contributed by atoms with van der Waals surface area (Å²) in [5.41, 5.74) is 0.795. The van der Waals surface area contributed by atoms with Crippen LogP contribution in [0.4, 0.5) is 0 Å². The molecule has 4 radical (unpaired) electrons. The zero-order valence-electron chi connectivity index (χ0n) is 7.57. The Bertz CT molecular complexity index is 425. The molecule has 1 N–H and O–H groups in total. The Labute approximate surface area is 114 Å². The van der Waals surface area contributed by atoms with Crippen molar-refractivity contribution in [2.45, 2.75) is 6.61 Å². The number of hydrogen-bond acceptors (Lipinski definition) is 4. The van der Waals surface area contributed by atoms with Crippen LogP contribution in [0.3, 0.4) is 0 Å². The van der Waals surface area contributed by atoms with Gasteiger partial charge in [0.05, 0.1) is 16.8 Å². The van der Waals surface area contributed by atoms with Gasteiger partial charge in [0.15, 0.2) is 0 Å². The second-order valence-corrected chi connectivity index (χ2v) is 3.74. The quantitative estimate of drug-likeness (QED) is 0.481. The number of aromatic nitrogens is 2. The van der Waals surface area contributed by atoms with Crippen molar-refractivity contribution in [1.29, 1.82) is 0 Å². The first kappa shape index (κ1) is 14.4. The molecule has 0 aliphatic rings. The van der Waals surface area contributed by atoms with Gasteiger partial charge in [0, 0.05) is 4.88 Å². The van der Waals surface area contributed by atoms with Gasteiger partial charge in [0.25, 0.3) is 0 Å². The van der Waals surface area contributed by atoms with Crippen LogP contribution in [0.15, 0.2) is 12.4 Å². The number of halogens is 1. The third kappa shape index (κ3) is 2.69. The molecule has 0 aliphatic heterocycles. The van der Waals surface area contributed by atoms with Gasteiger partial charge >= 0.3 is 29.6 Å². The fourth-order valence-electron chi connectivity index (χ4n) is 0.953. The van der Waals surface area contributed by atoms with Crippen LogP contribution in [-0.2, 0) is 6.61 Å². The smallest absolute Gasteiger partial charge is 1.00 e. The van der Waals surface area contributed by atoms with Gasteiger partial charge < -0.3 is 13.5 Å². The molecule has 0 unspecified atom stereocenters. The average molecular weight is 234 g/mol. The van der Waals surface area contributed by atoms with E-state index in [0.29, 0.717) is 5.15 Å². The second kappa shape index (κ2) is 6.05.